The van der Waals surface area contributed by atoms with Crippen LogP contribution in [0.25, 0.3) is 16.7 Å². The molecule has 3 aromatic rings. The first-order valence-corrected chi connectivity index (χ1v) is 9.81. The summed E-state index contributed by atoms with van der Waals surface area (Å²) in [4.78, 5) is 13.5. The van der Waals surface area contributed by atoms with Gasteiger partial charge in [0, 0.05) is 6.54 Å². The monoisotopic (exact) mass is 423 g/mol. The number of methoxy groups -OCH3 is 1. The average molecular weight is 423 g/mol. The molecule has 0 aliphatic carbocycles. The van der Waals surface area contributed by atoms with Crippen LogP contribution in [0.3, 0.4) is 0 Å². The number of hydrogen-bond acceptors (Lipinski definition) is 5. The molecule has 0 radical (unpaired) electrons. The summed E-state index contributed by atoms with van der Waals surface area (Å²) in [7, 11) is 1.46. The molecule has 0 fully saturated rings. The highest BCUT2D eigenvalue weighted by Crippen LogP contribution is 2.23. The molecule has 152 valence electrons. The van der Waals surface area contributed by atoms with Gasteiger partial charge >= 0.3 is 0 Å². The lowest BCUT2D eigenvalue weighted by molar-refractivity contribution is -0.476. The largest absolute Gasteiger partial charge is 0.494 e. The van der Waals surface area contributed by atoms with Crippen LogP contribution in [0.2, 0.25) is 0 Å². The Labute approximate surface area is 178 Å². The van der Waals surface area contributed by atoms with Crippen LogP contribution in [0.15, 0.2) is 42.7 Å². The summed E-state index contributed by atoms with van der Waals surface area (Å²) in [6, 6.07) is 8.76. The van der Waals surface area contributed by atoms with Crippen LogP contribution in [0.5, 0.6) is 5.75 Å². The number of halogens is 1. The number of pyridine rings is 1. The van der Waals surface area contributed by atoms with Gasteiger partial charge in [-0.2, -0.15) is 4.58 Å². The first kappa shape index (κ1) is 19.8. The lowest BCUT2D eigenvalue weighted by Gasteiger charge is -2.11. The predicted octanol–water partition coefficient (Wildman–Crippen LogP) is 3.12. The minimum absolute atomic E-state index is 0.238. The number of allylic oxidation sites excluding steroid dienone is 1. The fourth-order valence-electron chi connectivity index (χ4n) is 3.03. The van der Waals surface area contributed by atoms with Crippen molar-refractivity contribution in [3.63, 3.8) is 0 Å². The van der Waals surface area contributed by atoms with E-state index in [1.165, 1.54) is 7.11 Å². The molecule has 2 N–H and O–H groups in total. The van der Waals surface area contributed by atoms with E-state index in [-0.39, 0.29) is 11.6 Å². The molecule has 7 nitrogen and oxygen atoms in total. The summed E-state index contributed by atoms with van der Waals surface area (Å²) in [5.74, 6) is 0.490. The highest BCUT2D eigenvalue weighted by molar-refractivity contribution is 7.80. The summed E-state index contributed by atoms with van der Waals surface area (Å²) < 4.78 is 21.3. The smallest absolute Gasteiger partial charge is 0.184 e. The van der Waals surface area contributed by atoms with Crippen LogP contribution in [0.1, 0.15) is 18.2 Å². The summed E-state index contributed by atoms with van der Waals surface area (Å²) in [5, 5.41) is 6.55. The van der Waals surface area contributed by atoms with Crippen molar-refractivity contribution in [2.45, 2.75) is 13.5 Å². The number of rotatable bonds is 6. The van der Waals surface area contributed by atoms with E-state index in [0.29, 0.717) is 39.9 Å². The number of ether oxygens (including phenoxy) is 1. The fourth-order valence-corrected chi connectivity index (χ4v) is 3.28. The topological polar surface area (TPSA) is 75.0 Å². The Morgan fingerprint density at radius 1 is 1.23 bits per heavy atom. The van der Waals surface area contributed by atoms with Gasteiger partial charge in [0.1, 0.15) is 22.6 Å². The Balaban J connectivity index is 1.50. The van der Waals surface area contributed by atoms with E-state index in [9.17, 15) is 4.39 Å². The van der Waals surface area contributed by atoms with Gasteiger partial charge in [-0.1, -0.05) is 6.07 Å². The average Bonchev–Trinajstić information content (AvgIpc) is 2.71. The number of fused-ring (bicyclic) bond motifs is 1. The molecule has 0 unspecified atom stereocenters. The third-order valence-electron chi connectivity index (χ3n) is 4.51. The van der Waals surface area contributed by atoms with Crippen molar-refractivity contribution >= 4 is 46.1 Å². The molecule has 0 atom stereocenters. The summed E-state index contributed by atoms with van der Waals surface area (Å²) in [5.41, 5.74) is 3.36. The molecule has 4 rings (SSSR count). The molecule has 1 aromatic carbocycles. The van der Waals surface area contributed by atoms with Gasteiger partial charge in [-0.25, -0.2) is 14.4 Å². The van der Waals surface area contributed by atoms with Crippen molar-refractivity contribution in [1.29, 1.82) is 0 Å². The molecule has 1 aliphatic rings. The van der Waals surface area contributed by atoms with E-state index in [0.717, 1.165) is 12.1 Å². The van der Waals surface area contributed by atoms with Gasteiger partial charge in [-0.05, 0) is 43.4 Å². The SMILES string of the molecule is CCNC(=S)Nc1ccc2ncc(C3=C[N+](Cc4cccc(OC)c4F)=C3)nc2n1. The van der Waals surface area contributed by atoms with Crippen molar-refractivity contribution in [1.82, 2.24) is 20.3 Å². The van der Waals surface area contributed by atoms with E-state index in [1.54, 1.807) is 30.5 Å². The summed E-state index contributed by atoms with van der Waals surface area (Å²) in [6.45, 7) is 3.10. The number of aromatic nitrogens is 3. The number of nitrogens with zero attached hydrogens (tertiary/aromatic N) is 4. The van der Waals surface area contributed by atoms with E-state index >= 15 is 0 Å². The van der Waals surface area contributed by atoms with Crippen molar-refractivity contribution in [3.8, 4) is 5.75 Å². The predicted molar refractivity (Wildman–Crippen MR) is 118 cm³/mol. The number of hydrogen-bond donors (Lipinski definition) is 2. The zero-order valence-electron chi connectivity index (χ0n) is 16.5. The number of benzene rings is 1. The molecule has 3 heterocycles. The molecular formula is C21H20FN6OS+. The summed E-state index contributed by atoms with van der Waals surface area (Å²) >= 11 is 5.19. The van der Waals surface area contributed by atoms with Crippen molar-refractivity contribution in [3.05, 3.63) is 59.8 Å². The second-order valence-corrected chi connectivity index (χ2v) is 7.01. The van der Waals surface area contributed by atoms with Gasteiger partial charge in [-0.15, -0.1) is 0 Å². The second-order valence-electron chi connectivity index (χ2n) is 6.60. The highest BCUT2D eigenvalue weighted by Gasteiger charge is 2.23. The molecule has 2 aromatic heterocycles. The molecule has 1 aliphatic heterocycles. The van der Waals surface area contributed by atoms with E-state index in [1.807, 2.05) is 30.0 Å². The van der Waals surface area contributed by atoms with Gasteiger partial charge in [0.05, 0.1) is 18.9 Å². The van der Waals surface area contributed by atoms with E-state index in [2.05, 4.69) is 25.6 Å². The second kappa shape index (κ2) is 8.50. The Bertz CT molecular complexity index is 1190. The third kappa shape index (κ3) is 4.11. The van der Waals surface area contributed by atoms with Crippen molar-refractivity contribution in [2.24, 2.45) is 0 Å². The Hall–Kier alpha value is -3.46. The van der Waals surface area contributed by atoms with Crippen molar-refractivity contribution in [2.75, 3.05) is 19.0 Å². The minimum atomic E-state index is -0.347. The maximum atomic E-state index is 14.3. The molecule has 0 saturated heterocycles. The van der Waals surface area contributed by atoms with E-state index in [4.69, 9.17) is 17.0 Å². The minimum Gasteiger partial charge on any atom is -0.494 e. The van der Waals surface area contributed by atoms with Gasteiger partial charge in [0.2, 0.25) is 0 Å². The Morgan fingerprint density at radius 3 is 2.83 bits per heavy atom. The molecule has 0 saturated carbocycles. The summed E-state index contributed by atoms with van der Waals surface area (Å²) in [6.07, 6.45) is 5.50. The molecule has 0 spiro atoms. The fraction of sp³-hybridized carbons (Fsp3) is 0.190. The van der Waals surface area contributed by atoms with Crippen LogP contribution in [-0.4, -0.2) is 44.5 Å². The number of nitrogens with one attached hydrogen (secondary N) is 2. The van der Waals surface area contributed by atoms with Crippen molar-refractivity contribution < 1.29 is 13.7 Å². The third-order valence-corrected chi connectivity index (χ3v) is 4.75. The normalized spacial score (nSPS) is 12.6. The van der Waals surface area contributed by atoms with Crippen LogP contribution in [0, 0.1) is 5.82 Å². The van der Waals surface area contributed by atoms with Gasteiger partial charge in [-0.3, -0.25) is 4.98 Å². The van der Waals surface area contributed by atoms with Gasteiger partial charge < -0.3 is 15.4 Å². The zero-order valence-corrected chi connectivity index (χ0v) is 17.3. The number of thiocarbonyl (C=S) groups is 1. The Kier molecular flexibility index (Phi) is 5.62. The maximum Gasteiger partial charge on any atom is 0.184 e. The molecule has 0 bridgehead atoms. The Morgan fingerprint density at radius 2 is 2.07 bits per heavy atom. The molecule has 30 heavy (non-hydrogen) atoms. The molecular weight excluding hydrogens is 403 g/mol. The standard InChI is InChI=1S/C21H19FN6OS/c1-3-23-21(30)27-18-8-7-15-20(26-18)25-16(9-24-15)14-11-28(12-14)10-13-5-4-6-17(29-2)19(13)22/h4-9,11-12H,3,10H2,1-2H3,(H-,23,25,26,27,30)/p+1. The molecule has 0 amide bonds. The maximum absolute atomic E-state index is 14.3. The lowest BCUT2D eigenvalue weighted by atomic mass is 10.1. The highest BCUT2D eigenvalue weighted by atomic mass is 32.1. The number of anilines is 1. The van der Waals surface area contributed by atoms with Gasteiger partial charge in [0.25, 0.3) is 0 Å². The van der Waals surface area contributed by atoms with Crippen LogP contribution < -0.4 is 15.4 Å². The first-order chi connectivity index (χ1) is 14.6. The first-order valence-electron chi connectivity index (χ1n) is 9.40. The zero-order chi connectivity index (χ0) is 21.1. The quantitative estimate of drug-likeness (QED) is 0.466. The van der Waals surface area contributed by atoms with Crippen LogP contribution in [0.4, 0.5) is 10.2 Å². The lowest BCUT2D eigenvalue weighted by Crippen LogP contribution is -2.28. The van der Waals surface area contributed by atoms with E-state index < -0.39 is 0 Å². The van der Waals surface area contributed by atoms with Crippen LogP contribution in [-0.2, 0) is 6.54 Å². The molecule has 9 heteroatoms. The van der Waals surface area contributed by atoms with Crippen LogP contribution >= 0.6 is 12.2 Å². The van der Waals surface area contributed by atoms with Gasteiger partial charge in [0.15, 0.2) is 41.3 Å².